The molecule has 2 bridgehead atoms. The molecular formula is C7H11NO. The maximum atomic E-state index is 11.0. The molecule has 2 atom stereocenters. The lowest BCUT2D eigenvalue weighted by Crippen LogP contribution is -3.03. The predicted octanol–water partition coefficient (Wildman–Crippen LogP) is 0.0667. The molecule has 1 aliphatic heterocycles. The molecule has 0 aromatic carbocycles. The first kappa shape index (κ1) is 5.45. The van der Waals surface area contributed by atoms with E-state index in [-0.39, 0.29) is 0 Å². The van der Waals surface area contributed by atoms with Gasteiger partial charge in [0.25, 0.3) is 0 Å². The molecule has 0 radical (unpaired) electrons. The third-order valence-corrected chi connectivity index (χ3v) is 2.31. The van der Waals surface area contributed by atoms with Gasteiger partial charge in [-0.3, -0.25) is 0 Å². The third-order valence-electron chi connectivity index (χ3n) is 2.31. The van der Waals surface area contributed by atoms with Crippen LogP contribution in [0.4, 0.5) is 0 Å². The van der Waals surface area contributed by atoms with Crippen LogP contribution < -0.4 is 5.06 Å². The number of hydrogen-bond acceptors (Lipinski definition) is 1. The second-order valence-corrected chi connectivity index (χ2v) is 3.00. The normalized spacial score (nSPS) is 40.8. The van der Waals surface area contributed by atoms with Crippen molar-refractivity contribution in [1.29, 1.82) is 0 Å². The summed E-state index contributed by atoms with van der Waals surface area (Å²) in [6.45, 7) is 0.839. The minimum absolute atomic E-state index is 0.414. The van der Waals surface area contributed by atoms with E-state index in [9.17, 15) is 5.21 Å². The van der Waals surface area contributed by atoms with Crippen LogP contribution in [0, 0.1) is 11.1 Å². The second kappa shape index (κ2) is 1.82. The van der Waals surface area contributed by atoms with Crippen molar-refractivity contribution < 1.29 is 5.06 Å². The molecule has 2 heteroatoms. The van der Waals surface area contributed by atoms with Gasteiger partial charge in [0.05, 0.1) is 6.54 Å². The minimum atomic E-state index is 0.414. The Hall–Kier alpha value is -0.340. The predicted molar refractivity (Wildman–Crippen MR) is 34.6 cm³/mol. The standard InChI is InChI=1S/C7H11NO/c9-8-5-6-2-1-3-7(8)4-6/h3,6,8H,1-2,4-5H2. The van der Waals surface area contributed by atoms with Gasteiger partial charge in [-0.15, -0.1) is 0 Å². The van der Waals surface area contributed by atoms with Crippen molar-refractivity contribution in [3.05, 3.63) is 17.0 Å². The fourth-order valence-electron chi connectivity index (χ4n) is 1.78. The third kappa shape index (κ3) is 0.787. The fraction of sp³-hybridized carbons (Fsp3) is 0.714. The van der Waals surface area contributed by atoms with E-state index < -0.39 is 0 Å². The first-order chi connectivity index (χ1) is 4.36. The summed E-state index contributed by atoms with van der Waals surface area (Å²) >= 11 is 0. The van der Waals surface area contributed by atoms with Gasteiger partial charge in [-0.1, -0.05) is 0 Å². The molecule has 1 aliphatic carbocycles. The minimum Gasteiger partial charge on any atom is -0.629 e. The van der Waals surface area contributed by atoms with Crippen LogP contribution in [0.2, 0.25) is 0 Å². The molecule has 0 amide bonds. The van der Waals surface area contributed by atoms with Gasteiger partial charge in [-0.05, 0) is 18.9 Å². The lowest BCUT2D eigenvalue weighted by atomic mass is 9.97. The molecule has 1 N–H and O–H groups in total. The SMILES string of the molecule is [O-][NH+]1CC2CCC=C1C2. The van der Waals surface area contributed by atoms with Crippen molar-refractivity contribution in [2.45, 2.75) is 19.3 Å². The Balaban J connectivity index is 2.24. The second-order valence-electron chi connectivity index (χ2n) is 3.00. The molecule has 50 valence electrons. The number of rotatable bonds is 0. The monoisotopic (exact) mass is 125 g/mol. The lowest BCUT2D eigenvalue weighted by molar-refractivity contribution is -0.796. The van der Waals surface area contributed by atoms with E-state index in [1.807, 2.05) is 0 Å². The Kier molecular flexibility index (Phi) is 1.10. The van der Waals surface area contributed by atoms with Crippen LogP contribution in [0.1, 0.15) is 19.3 Å². The van der Waals surface area contributed by atoms with Crippen LogP contribution in [0.25, 0.3) is 0 Å². The van der Waals surface area contributed by atoms with Crippen molar-refractivity contribution in [3.63, 3.8) is 0 Å². The van der Waals surface area contributed by atoms with Gasteiger partial charge >= 0.3 is 0 Å². The summed E-state index contributed by atoms with van der Waals surface area (Å²) < 4.78 is 0. The highest BCUT2D eigenvalue weighted by molar-refractivity contribution is 5.01. The molecule has 0 aromatic heterocycles. The van der Waals surface area contributed by atoms with E-state index in [0.29, 0.717) is 5.06 Å². The van der Waals surface area contributed by atoms with E-state index in [2.05, 4.69) is 6.08 Å². The molecule has 1 fully saturated rings. The first-order valence-electron chi connectivity index (χ1n) is 3.58. The molecule has 9 heavy (non-hydrogen) atoms. The number of quaternary nitrogens is 1. The van der Waals surface area contributed by atoms with Gasteiger partial charge in [0, 0.05) is 12.3 Å². The number of fused-ring (bicyclic) bond motifs is 2. The highest BCUT2D eigenvalue weighted by Gasteiger charge is 2.28. The van der Waals surface area contributed by atoms with E-state index in [1.54, 1.807) is 0 Å². The zero-order valence-corrected chi connectivity index (χ0v) is 5.39. The Morgan fingerprint density at radius 3 is 3.22 bits per heavy atom. The van der Waals surface area contributed by atoms with Gasteiger partial charge in [0.15, 0.2) is 0 Å². The number of hydroxylamine groups is 2. The van der Waals surface area contributed by atoms with Crippen LogP contribution in [0.15, 0.2) is 11.8 Å². The lowest BCUT2D eigenvalue weighted by Gasteiger charge is -2.14. The van der Waals surface area contributed by atoms with Gasteiger partial charge in [-0.2, -0.15) is 0 Å². The zero-order valence-electron chi connectivity index (χ0n) is 5.39. The van der Waals surface area contributed by atoms with Gasteiger partial charge in [-0.25, -0.2) is 0 Å². The Labute approximate surface area is 54.7 Å². The van der Waals surface area contributed by atoms with Crippen LogP contribution >= 0.6 is 0 Å². The smallest absolute Gasteiger partial charge is 0.104 e. The summed E-state index contributed by atoms with van der Waals surface area (Å²) in [5, 5.41) is 11.4. The van der Waals surface area contributed by atoms with E-state index >= 15 is 0 Å². The average Bonchev–Trinajstić information content (AvgIpc) is 2.09. The van der Waals surface area contributed by atoms with Crippen LogP contribution in [-0.4, -0.2) is 6.54 Å². The maximum Gasteiger partial charge on any atom is 0.104 e. The number of nitrogens with one attached hydrogen (secondary N) is 1. The Bertz CT molecular complexity index is 153. The van der Waals surface area contributed by atoms with Gasteiger partial charge in [0.1, 0.15) is 5.70 Å². The quantitative estimate of drug-likeness (QED) is 0.456. The highest BCUT2D eigenvalue weighted by Crippen LogP contribution is 2.23. The van der Waals surface area contributed by atoms with E-state index in [4.69, 9.17) is 0 Å². The van der Waals surface area contributed by atoms with Crippen LogP contribution in [0.5, 0.6) is 0 Å². The average molecular weight is 125 g/mol. The summed E-state index contributed by atoms with van der Waals surface area (Å²) in [7, 11) is 0. The van der Waals surface area contributed by atoms with Gasteiger partial charge < -0.3 is 10.3 Å². The summed E-state index contributed by atoms with van der Waals surface area (Å²) in [5.74, 6) is 0.720. The van der Waals surface area contributed by atoms with Crippen LogP contribution in [0.3, 0.4) is 0 Å². The molecule has 2 nitrogen and oxygen atoms in total. The number of hydrogen-bond donors (Lipinski definition) is 1. The Morgan fingerprint density at radius 2 is 2.56 bits per heavy atom. The maximum absolute atomic E-state index is 11.0. The fourth-order valence-corrected chi connectivity index (χ4v) is 1.78. The summed E-state index contributed by atoms with van der Waals surface area (Å²) in [6, 6.07) is 0. The molecule has 1 heterocycles. The molecular weight excluding hydrogens is 114 g/mol. The first-order valence-corrected chi connectivity index (χ1v) is 3.58. The van der Waals surface area contributed by atoms with Crippen LogP contribution in [-0.2, 0) is 0 Å². The van der Waals surface area contributed by atoms with Crippen molar-refractivity contribution in [3.8, 4) is 0 Å². The highest BCUT2D eigenvalue weighted by atomic mass is 16.5. The molecule has 0 spiro atoms. The molecule has 2 unspecified atom stereocenters. The topological polar surface area (TPSA) is 27.5 Å². The summed E-state index contributed by atoms with van der Waals surface area (Å²) in [5.41, 5.74) is 1.12. The molecule has 1 saturated heterocycles. The van der Waals surface area contributed by atoms with E-state index in [0.717, 1.165) is 31.0 Å². The molecule has 2 rings (SSSR count). The molecule has 0 saturated carbocycles. The van der Waals surface area contributed by atoms with Gasteiger partial charge in [0.2, 0.25) is 0 Å². The summed E-state index contributed by atoms with van der Waals surface area (Å²) in [6.07, 6.45) is 5.59. The van der Waals surface area contributed by atoms with Crippen molar-refractivity contribution in [2.75, 3.05) is 6.54 Å². The largest absolute Gasteiger partial charge is 0.629 e. The zero-order chi connectivity index (χ0) is 6.27. The van der Waals surface area contributed by atoms with Crippen molar-refractivity contribution in [1.82, 2.24) is 0 Å². The molecule has 0 aromatic rings. The molecule has 2 aliphatic rings. The van der Waals surface area contributed by atoms with E-state index in [1.165, 1.54) is 6.42 Å². The number of allylic oxidation sites excluding steroid dienone is 2. The van der Waals surface area contributed by atoms with Crippen molar-refractivity contribution in [2.24, 2.45) is 5.92 Å². The van der Waals surface area contributed by atoms with Crippen molar-refractivity contribution >= 4 is 0 Å². The summed E-state index contributed by atoms with van der Waals surface area (Å²) in [4.78, 5) is 0. The Morgan fingerprint density at radius 1 is 1.67 bits per heavy atom.